The topological polar surface area (TPSA) is 27.8 Å². The Balaban J connectivity index is 1.26. The molecule has 1 aromatic heterocycles. The smallest absolute Gasteiger partial charge is 0.161 e. The van der Waals surface area contributed by atoms with Crippen LogP contribution in [-0.2, 0) is 26.1 Å². The molecule has 0 bridgehead atoms. The first-order chi connectivity index (χ1) is 17.2. The predicted molar refractivity (Wildman–Crippen MR) is 140 cm³/mol. The highest BCUT2D eigenvalue weighted by atomic mass is 16.5. The van der Waals surface area contributed by atoms with Gasteiger partial charge in [-0.2, -0.15) is 0 Å². The van der Waals surface area contributed by atoms with Crippen molar-refractivity contribution < 1.29 is 14.4 Å². The highest BCUT2D eigenvalue weighted by Crippen LogP contribution is 2.38. The van der Waals surface area contributed by atoms with E-state index in [1.54, 1.807) is 23.3 Å². The van der Waals surface area contributed by atoms with Gasteiger partial charge in [0, 0.05) is 35.9 Å². The zero-order valence-corrected chi connectivity index (χ0v) is 20.8. The maximum Gasteiger partial charge on any atom is 0.161 e. The van der Waals surface area contributed by atoms with Crippen molar-refractivity contribution in [1.29, 1.82) is 0 Å². The summed E-state index contributed by atoms with van der Waals surface area (Å²) in [5, 5.41) is 1.49. The second-order valence-corrected chi connectivity index (χ2v) is 10.2. The number of fused-ring (bicyclic) bond motifs is 3. The number of quaternary nitrogens is 1. The highest BCUT2D eigenvalue weighted by molar-refractivity contribution is 5.86. The van der Waals surface area contributed by atoms with Crippen LogP contribution in [0.4, 0.5) is 0 Å². The van der Waals surface area contributed by atoms with Crippen molar-refractivity contribution in [3.05, 3.63) is 94.7 Å². The van der Waals surface area contributed by atoms with Crippen molar-refractivity contribution in [2.75, 3.05) is 13.7 Å². The van der Waals surface area contributed by atoms with Gasteiger partial charge < -0.3 is 18.9 Å². The molecule has 4 aromatic rings. The van der Waals surface area contributed by atoms with Crippen LogP contribution in [0.15, 0.2) is 66.7 Å². The van der Waals surface area contributed by atoms with E-state index >= 15 is 0 Å². The summed E-state index contributed by atoms with van der Waals surface area (Å²) in [6.45, 7) is 6.11. The summed E-state index contributed by atoms with van der Waals surface area (Å²) >= 11 is 0. The first kappa shape index (κ1) is 22.2. The lowest BCUT2D eigenvalue weighted by atomic mass is 9.90. The number of aromatic nitrogens is 1. The van der Waals surface area contributed by atoms with Crippen LogP contribution in [0.3, 0.4) is 0 Å². The fourth-order valence-electron chi connectivity index (χ4n) is 6.27. The van der Waals surface area contributed by atoms with Crippen LogP contribution in [0.5, 0.6) is 11.5 Å². The quantitative estimate of drug-likeness (QED) is 0.411. The first-order valence-electron chi connectivity index (χ1n) is 13.0. The van der Waals surface area contributed by atoms with Crippen LogP contribution < -0.4 is 14.4 Å². The molecule has 1 N–H and O–H groups in total. The van der Waals surface area contributed by atoms with Crippen LogP contribution in [0.1, 0.15) is 53.3 Å². The summed E-state index contributed by atoms with van der Waals surface area (Å²) in [5.41, 5.74) is 8.50. The van der Waals surface area contributed by atoms with Gasteiger partial charge in [0.2, 0.25) is 0 Å². The van der Waals surface area contributed by atoms with E-state index in [-0.39, 0.29) is 0 Å². The Bertz CT molecular complexity index is 1340. The molecule has 0 saturated heterocycles. The minimum Gasteiger partial charge on any atom is -0.493 e. The number of hydrogen-bond acceptors (Lipinski definition) is 2. The number of ether oxygens (including phenoxy) is 2. The number of aryl methyl sites for hydroxylation is 3. The number of benzene rings is 3. The van der Waals surface area contributed by atoms with Gasteiger partial charge in [-0.05, 0) is 61.2 Å². The minimum atomic E-state index is 0.544. The van der Waals surface area contributed by atoms with E-state index in [0.29, 0.717) is 12.6 Å². The molecule has 4 heteroatoms. The van der Waals surface area contributed by atoms with Crippen LogP contribution >= 0.6 is 0 Å². The van der Waals surface area contributed by atoms with Crippen molar-refractivity contribution in [2.45, 2.75) is 58.3 Å². The second-order valence-electron chi connectivity index (χ2n) is 10.2. The lowest BCUT2D eigenvalue weighted by molar-refractivity contribution is -0.945. The fourth-order valence-corrected chi connectivity index (χ4v) is 6.27. The zero-order valence-electron chi connectivity index (χ0n) is 20.8. The Hall–Kier alpha value is -3.24. The van der Waals surface area contributed by atoms with E-state index in [4.69, 9.17) is 9.47 Å². The molecule has 6 rings (SSSR count). The maximum atomic E-state index is 6.10. The third kappa shape index (κ3) is 4.21. The molecule has 35 heavy (non-hydrogen) atoms. The molecule has 4 nitrogen and oxygen atoms in total. The molecule has 2 heterocycles. The van der Waals surface area contributed by atoms with Crippen LogP contribution in [-0.4, -0.2) is 18.2 Å². The Morgan fingerprint density at radius 3 is 2.69 bits per heavy atom. The number of methoxy groups -OCH3 is 1. The monoisotopic (exact) mass is 467 g/mol. The number of nitrogens with zero attached hydrogens (tertiary/aromatic N) is 1. The van der Waals surface area contributed by atoms with Gasteiger partial charge in [-0.15, -0.1) is 0 Å². The maximum absolute atomic E-state index is 6.10. The second kappa shape index (κ2) is 9.43. The molecule has 0 amide bonds. The van der Waals surface area contributed by atoms with Gasteiger partial charge in [-0.1, -0.05) is 42.0 Å². The number of nitrogens with one attached hydrogen (secondary N) is 1. The molecule has 2 atom stereocenters. The van der Waals surface area contributed by atoms with Crippen LogP contribution in [0.2, 0.25) is 0 Å². The SMILES string of the molecule is COc1cc(C[NH+]2CCCn3c4c(c5cc(C)ccc53)CCC[C@H]42)ccc1OCc1ccccc1. The van der Waals surface area contributed by atoms with Crippen molar-refractivity contribution in [3.63, 3.8) is 0 Å². The molecular formula is C31H35N2O2+. The Labute approximate surface area is 208 Å². The lowest BCUT2D eigenvalue weighted by Crippen LogP contribution is -3.11. The molecule has 3 aromatic carbocycles. The summed E-state index contributed by atoms with van der Waals surface area (Å²) in [6.07, 6.45) is 4.98. The van der Waals surface area contributed by atoms with Gasteiger partial charge in [0.1, 0.15) is 19.2 Å². The van der Waals surface area contributed by atoms with Crippen LogP contribution in [0.25, 0.3) is 10.9 Å². The van der Waals surface area contributed by atoms with Crippen molar-refractivity contribution in [3.8, 4) is 11.5 Å². The highest BCUT2D eigenvalue weighted by Gasteiger charge is 2.36. The third-order valence-corrected chi connectivity index (χ3v) is 7.89. The van der Waals surface area contributed by atoms with Gasteiger partial charge in [0.05, 0.1) is 19.3 Å². The van der Waals surface area contributed by atoms with Gasteiger partial charge in [-0.25, -0.2) is 0 Å². The Kier molecular flexibility index (Phi) is 5.99. The molecule has 1 aliphatic carbocycles. The van der Waals surface area contributed by atoms with Gasteiger partial charge in [0.25, 0.3) is 0 Å². The predicted octanol–water partition coefficient (Wildman–Crippen LogP) is 5.40. The van der Waals surface area contributed by atoms with Gasteiger partial charge >= 0.3 is 0 Å². The standard InChI is InChI=1S/C31H34N2O2/c1-22-12-14-27-26(18-22)25-10-6-11-28-31(25)33(27)17-7-16-32(28)20-24-13-15-29(30(19-24)34-2)35-21-23-8-4-3-5-9-23/h3-5,8-9,12-15,18-19,28H,6-7,10-11,16-17,20-21H2,1-2H3/p+1/t28-/m1/s1. The van der Waals surface area contributed by atoms with Crippen LogP contribution in [0, 0.1) is 6.92 Å². The molecule has 0 radical (unpaired) electrons. The summed E-state index contributed by atoms with van der Waals surface area (Å²) in [7, 11) is 1.74. The van der Waals surface area contributed by atoms with Crippen molar-refractivity contribution >= 4 is 10.9 Å². The average molecular weight is 468 g/mol. The average Bonchev–Trinajstić information content (AvgIpc) is 3.08. The van der Waals surface area contributed by atoms with Crippen molar-refractivity contribution in [2.24, 2.45) is 0 Å². The molecule has 1 unspecified atom stereocenters. The van der Waals surface area contributed by atoms with E-state index in [0.717, 1.165) is 30.2 Å². The molecule has 1 aliphatic heterocycles. The number of hydrogen-bond donors (Lipinski definition) is 1. The molecule has 2 aliphatic rings. The van der Waals surface area contributed by atoms with E-state index in [1.165, 1.54) is 54.3 Å². The zero-order chi connectivity index (χ0) is 23.8. The number of rotatable bonds is 6. The van der Waals surface area contributed by atoms with E-state index < -0.39 is 0 Å². The first-order valence-corrected chi connectivity index (χ1v) is 13.0. The summed E-state index contributed by atoms with van der Waals surface area (Å²) in [4.78, 5) is 1.68. The van der Waals surface area contributed by atoms with E-state index in [9.17, 15) is 0 Å². The van der Waals surface area contributed by atoms with E-state index in [1.807, 2.05) is 18.2 Å². The van der Waals surface area contributed by atoms with Gasteiger partial charge in [0.15, 0.2) is 11.5 Å². The largest absolute Gasteiger partial charge is 0.493 e. The van der Waals surface area contributed by atoms with E-state index in [2.05, 4.69) is 60.0 Å². The Morgan fingerprint density at radius 2 is 1.83 bits per heavy atom. The summed E-state index contributed by atoms with van der Waals surface area (Å²) < 4.78 is 14.5. The van der Waals surface area contributed by atoms with Gasteiger partial charge in [-0.3, -0.25) is 0 Å². The summed E-state index contributed by atoms with van der Waals surface area (Å²) in [6, 6.07) is 24.4. The molecular weight excluding hydrogens is 432 g/mol. The molecule has 0 fully saturated rings. The lowest BCUT2D eigenvalue weighted by Gasteiger charge is -2.31. The molecule has 0 spiro atoms. The van der Waals surface area contributed by atoms with Crippen molar-refractivity contribution in [1.82, 2.24) is 4.57 Å². The molecule has 0 saturated carbocycles. The Morgan fingerprint density at radius 1 is 0.943 bits per heavy atom. The normalized spacial score (nSPS) is 19.3. The third-order valence-electron chi connectivity index (χ3n) is 7.89. The molecule has 180 valence electrons. The fraction of sp³-hybridized carbons (Fsp3) is 0.355. The minimum absolute atomic E-state index is 0.544. The summed E-state index contributed by atoms with van der Waals surface area (Å²) in [5.74, 6) is 1.63.